The van der Waals surface area contributed by atoms with Crippen molar-refractivity contribution in [3.05, 3.63) is 63.1 Å². The van der Waals surface area contributed by atoms with Gasteiger partial charge in [0, 0.05) is 46.4 Å². The number of amides is 1. The smallest absolute Gasteiger partial charge is 0.270 e. The number of nitrogens with zero attached hydrogens (tertiary/aromatic N) is 4. The summed E-state index contributed by atoms with van der Waals surface area (Å²) < 4.78 is 19.7. The van der Waals surface area contributed by atoms with E-state index in [4.69, 9.17) is 4.74 Å². The van der Waals surface area contributed by atoms with E-state index < -0.39 is 5.82 Å². The van der Waals surface area contributed by atoms with Gasteiger partial charge >= 0.3 is 0 Å². The first-order valence-corrected chi connectivity index (χ1v) is 11.8. The van der Waals surface area contributed by atoms with Gasteiger partial charge in [-0.1, -0.05) is 6.92 Å². The molecular formula is C25H31FN6O3. The zero-order valence-corrected chi connectivity index (χ0v) is 20.4. The maximum Gasteiger partial charge on any atom is 0.270 e. The molecule has 0 unspecified atom stereocenters. The Bertz CT molecular complexity index is 1270. The van der Waals surface area contributed by atoms with Gasteiger partial charge in [0.25, 0.3) is 11.5 Å². The fourth-order valence-electron chi connectivity index (χ4n) is 4.35. The predicted molar refractivity (Wildman–Crippen MR) is 132 cm³/mol. The first-order valence-electron chi connectivity index (χ1n) is 11.8. The van der Waals surface area contributed by atoms with E-state index in [2.05, 4.69) is 30.1 Å². The van der Waals surface area contributed by atoms with Gasteiger partial charge in [-0.2, -0.15) is 0 Å². The lowest BCUT2D eigenvalue weighted by molar-refractivity contribution is 0.0932. The van der Waals surface area contributed by atoms with Crippen LogP contribution in [0.25, 0.3) is 11.0 Å². The van der Waals surface area contributed by atoms with Crippen molar-refractivity contribution in [3.63, 3.8) is 0 Å². The van der Waals surface area contributed by atoms with Gasteiger partial charge < -0.3 is 19.9 Å². The van der Waals surface area contributed by atoms with Crippen molar-refractivity contribution in [1.29, 1.82) is 0 Å². The number of rotatable bonds is 8. The number of hydrogen-bond acceptors (Lipinski definition) is 7. The number of pyridine rings is 1. The van der Waals surface area contributed by atoms with Crippen molar-refractivity contribution in [3.8, 4) is 0 Å². The molecule has 2 N–H and O–H groups in total. The summed E-state index contributed by atoms with van der Waals surface area (Å²) in [4.78, 5) is 40.3. The predicted octanol–water partition coefficient (Wildman–Crippen LogP) is 2.03. The summed E-state index contributed by atoms with van der Waals surface area (Å²) in [6.07, 6.45) is 0.454. The summed E-state index contributed by atoms with van der Waals surface area (Å²) in [6.45, 7) is 8.36. The molecule has 1 amide bonds. The topological polar surface area (TPSA) is 103 Å². The molecule has 3 aromatic rings. The minimum atomic E-state index is -0.421. The minimum absolute atomic E-state index is 0.203. The average molecular weight is 483 g/mol. The van der Waals surface area contributed by atoms with Crippen molar-refractivity contribution in [2.45, 2.75) is 26.8 Å². The third-order valence-electron chi connectivity index (χ3n) is 6.22. The summed E-state index contributed by atoms with van der Waals surface area (Å²) in [5.74, 6) is -0.637. The molecule has 1 saturated heterocycles. The van der Waals surface area contributed by atoms with Gasteiger partial charge in [-0.3, -0.25) is 14.5 Å². The Morgan fingerprint density at radius 3 is 2.66 bits per heavy atom. The molecule has 2 aromatic heterocycles. The van der Waals surface area contributed by atoms with E-state index in [1.165, 1.54) is 6.07 Å². The van der Waals surface area contributed by atoms with Gasteiger partial charge in [0.05, 0.1) is 23.5 Å². The number of halogens is 1. The van der Waals surface area contributed by atoms with Crippen LogP contribution in [0.4, 0.5) is 10.1 Å². The van der Waals surface area contributed by atoms with Crippen LogP contribution in [0.1, 0.15) is 34.4 Å². The molecule has 1 aliphatic rings. The molecule has 0 aliphatic carbocycles. The zero-order valence-electron chi connectivity index (χ0n) is 20.4. The SMILES string of the molecule is CCc1nc2c(F)cc(CN3CCN(c4ccc(C(=O)NCCOC)nc4C)CC3)cc2[nH]c1=O. The lowest BCUT2D eigenvalue weighted by Crippen LogP contribution is -2.46. The third kappa shape index (κ3) is 5.66. The number of piperazine rings is 1. The molecule has 1 aliphatic heterocycles. The average Bonchev–Trinajstić information content (AvgIpc) is 2.84. The first kappa shape index (κ1) is 24.7. The lowest BCUT2D eigenvalue weighted by atomic mass is 10.1. The Hall–Kier alpha value is -3.37. The van der Waals surface area contributed by atoms with Crippen molar-refractivity contribution >= 4 is 22.6 Å². The van der Waals surface area contributed by atoms with Crippen LogP contribution < -0.4 is 15.8 Å². The second-order valence-corrected chi connectivity index (χ2v) is 8.65. The molecule has 1 aromatic carbocycles. The number of benzene rings is 1. The molecule has 0 atom stereocenters. The van der Waals surface area contributed by atoms with Crippen LogP contribution in [0.3, 0.4) is 0 Å². The van der Waals surface area contributed by atoms with E-state index in [0.29, 0.717) is 43.0 Å². The van der Waals surface area contributed by atoms with Crippen LogP contribution in [-0.2, 0) is 17.7 Å². The van der Waals surface area contributed by atoms with E-state index in [0.717, 1.165) is 43.1 Å². The summed E-state index contributed by atoms with van der Waals surface area (Å²) in [7, 11) is 1.59. The highest BCUT2D eigenvalue weighted by Gasteiger charge is 2.21. The summed E-state index contributed by atoms with van der Waals surface area (Å²) in [6, 6.07) is 7.00. The van der Waals surface area contributed by atoms with Crippen molar-refractivity contribution < 1.29 is 13.9 Å². The number of fused-ring (bicyclic) bond motifs is 1. The Balaban J connectivity index is 1.39. The summed E-state index contributed by atoms with van der Waals surface area (Å²) in [5.41, 5.74) is 3.69. The molecule has 0 saturated carbocycles. The fraction of sp³-hybridized carbons (Fsp3) is 0.440. The second kappa shape index (κ2) is 10.9. The number of ether oxygens (including phenoxy) is 1. The molecule has 0 bridgehead atoms. The molecule has 10 heteroatoms. The third-order valence-corrected chi connectivity index (χ3v) is 6.22. The summed E-state index contributed by atoms with van der Waals surface area (Å²) >= 11 is 0. The van der Waals surface area contributed by atoms with E-state index in [9.17, 15) is 14.0 Å². The monoisotopic (exact) mass is 482 g/mol. The van der Waals surface area contributed by atoms with Crippen molar-refractivity contribution in [2.24, 2.45) is 0 Å². The molecule has 0 radical (unpaired) electrons. The van der Waals surface area contributed by atoms with Crippen LogP contribution in [0.5, 0.6) is 0 Å². The van der Waals surface area contributed by atoms with E-state index in [-0.39, 0.29) is 17.0 Å². The standard InChI is InChI=1S/C25H31FN6O3/c1-4-19-25(34)30-21-14-17(13-18(26)23(21)29-19)15-31-8-10-32(11-9-31)22-6-5-20(28-16(22)2)24(33)27-7-12-35-3/h5-6,13-14H,4,7-12,15H2,1-3H3,(H,27,33)(H,30,34). The zero-order chi connectivity index (χ0) is 24.9. The first-order chi connectivity index (χ1) is 16.9. The Kier molecular flexibility index (Phi) is 7.72. The second-order valence-electron chi connectivity index (χ2n) is 8.65. The number of nitrogens with one attached hydrogen (secondary N) is 2. The number of aromatic nitrogens is 3. The molecule has 186 valence electrons. The quantitative estimate of drug-likeness (QED) is 0.474. The van der Waals surface area contributed by atoms with Gasteiger partial charge in [0.15, 0.2) is 5.82 Å². The van der Waals surface area contributed by atoms with E-state index in [1.807, 2.05) is 26.0 Å². The molecule has 9 nitrogen and oxygen atoms in total. The number of carbonyl (C=O) groups is 1. The highest BCUT2D eigenvalue weighted by Crippen LogP contribution is 2.22. The van der Waals surface area contributed by atoms with E-state index >= 15 is 0 Å². The van der Waals surface area contributed by atoms with Crippen LogP contribution in [0.2, 0.25) is 0 Å². The van der Waals surface area contributed by atoms with Crippen LogP contribution >= 0.6 is 0 Å². The fourth-order valence-corrected chi connectivity index (χ4v) is 4.35. The number of methoxy groups -OCH3 is 1. The molecule has 4 rings (SSSR count). The summed E-state index contributed by atoms with van der Waals surface area (Å²) in [5, 5.41) is 2.78. The van der Waals surface area contributed by atoms with Gasteiger partial charge in [-0.25, -0.2) is 14.4 Å². The Morgan fingerprint density at radius 1 is 1.20 bits per heavy atom. The van der Waals surface area contributed by atoms with Crippen molar-refractivity contribution in [2.75, 3.05) is 51.3 Å². The van der Waals surface area contributed by atoms with Gasteiger partial charge in [-0.05, 0) is 43.2 Å². The number of carbonyl (C=O) groups excluding carboxylic acids is 1. The minimum Gasteiger partial charge on any atom is -0.383 e. The maximum atomic E-state index is 14.7. The number of hydrogen-bond donors (Lipinski definition) is 2. The molecule has 0 spiro atoms. The van der Waals surface area contributed by atoms with Gasteiger partial charge in [0.1, 0.15) is 16.9 Å². The number of H-pyrrole nitrogens is 1. The highest BCUT2D eigenvalue weighted by molar-refractivity contribution is 5.92. The number of aryl methyl sites for hydroxylation is 2. The van der Waals surface area contributed by atoms with E-state index in [1.54, 1.807) is 13.2 Å². The van der Waals surface area contributed by atoms with Crippen LogP contribution in [0.15, 0.2) is 29.1 Å². The molecule has 35 heavy (non-hydrogen) atoms. The molecule has 1 fully saturated rings. The van der Waals surface area contributed by atoms with Gasteiger partial charge in [0.2, 0.25) is 0 Å². The molecular weight excluding hydrogens is 451 g/mol. The maximum absolute atomic E-state index is 14.7. The molecule has 3 heterocycles. The normalized spacial score (nSPS) is 14.5. The largest absolute Gasteiger partial charge is 0.383 e. The van der Waals surface area contributed by atoms with Crippen LogP contribution in [0, 0.1) is 12.7 Å². The number of aromatic amines is 1. The highest BCUT2D eigenvalue weighted by atomic mass is 19.1. The Morgan fingerprint density at radius 2 is 1.97 bits per heavy atom. The van der Waals surface area contributed by atoms with Crippen molar-refractivity contribution in [1.82, 2.24) is 25.2 Å². The lowest BCUT2D eigenvalue weighted by Gasteiger charge is -2.36. The Labute approximate surface area is 203 Å². The number of anilines is 1. The van der Waals surface area contributed by atoms with Gasteiger partial charge in [-0.15, -0.1) is 0 Å². The van der Waals surface area contributed by atoms with Crippen LogP contribution in [-0.4, -0.2) is 72.2 Å².